The van der Waals surface area contributed by atoms with Crippen molar-refractivity contribution in [3.05, 3.63) is 33.4 Å². The van der Waals surface area contributed by atoms with E-state index in [9.17, 15) is 0 Å². The Labute approximate surface area is 75.8 Å². The van der Waals surface area contributed by atoms with Crippen LogP contribution in [0.25, 0.3) is 0 Å². The van der Waals surface area contributed by atoms with E-state index >= 15 is 0 Å². The highest BCUT2D eigenvalue weighted by molar-refractivity contribution is 5.17. The molecule has 0 N–H and O–H groups in total. The average Bonchev–Trinajstić information content (AvgIpc) is 1.88. The van der Waals surface area contributed by atoms with Crippen molar-refractivity contribution in [2.75, 3.05) is 0 Å². The van der Waals surface area contributed by atoms with E-state index in [0.29, 0.717) is 5.92 Å². The molecule has 0 heterocycles. The van der Waals surface area contributed by atoms with Crippen LogP contribution in [0.3, 0.4) is 0 Å². The van der Waals surface area contributed by atoms with Crippen LogP contribution in [0.1, 0.15) is 25.3 Å². The summed E-state index contributed by atoms with van der Waals surface area (Å²) in [6.07, 6.45) is 0. The molecule has 0 unspecified atom stereocenters. The van der Waals surface area contributed by atoms with Crippen LogP contribution in [-0.2, 0) is 0 Å². The summed E-state index contributed by atoms with van der Waals surface area (Å²) in [5, 5.41) is 0. The predicted molar refractivity (Wildman–Crippen MR) is 40.6 cm³/mol. The van der Waals surface area contributed by atoms with Gasteiger partial charge >= 0.3 is 0 Å². The molecule has 0 saturated carbocycles. The first kappa shape index (κ1) is 8.05. The van der Waals surface area contributed by atoms with Crippen LogP contribution >= 0.6 is 0 Å². The van der Waals surface area contributed by atoms with Gasteiger partial charge in [0.15, 0.2) is 3.57 Å². The van der Waals surface area contributed by atoms with Gasteiger partial charge in [0.1, 0.15) is 0 Å². The molecule has 0 atom stereocenters. The second-order valence-electron chi connectivity index (χ2n) is 2.72. The van der Waals surface area contributed by atoms with E-state index < -0.39 is 0 Å². The number of rotatable bonds is 1. The Morgan fingerprint density at radius 1 is 1.10 bits per heavy atom. The molecule has 0 fully saturated rings. The maximum atomic E-state index is 2.21. The number of halogens is 1. The molecule has 1 aromatic rings. The van der Waals surface area contributed by atoms with E-state index in [1.165, 1.54) is 9.13 Å². The molecule has 0 radical (unpaired) electrons. The van der Waals surface area contributed by atoms with Gasteiger partial charge in [0.2, 0.25) is 0 Å². The zero-order chi connectivity index (χ0) is 7.56. The molecule has 0 bridgehead atoms. The lowest BCUT2D eigenvalue weighted by molar-refractivity contribution is -0.328. The average molecular weight is 247 g/mol. The minimum Gasteiger partial charge on any atom is -0.0587 e. The van der Waals surface area contributed by atoms with Crippen LogP contribution in [0, 0.1) is 3.57 Å². The maximum absolute atomic E-state index is 2.21. The zero-order valence-electron chi connectivity index (χ0n) is 6.29. The fourth-order valence-corrected chi connectivity index (χ4v) is 1.24. The van der Waals surface area contributed by atoms with Crippen molar-refractivity contribution in [2.24, 2.45) is 0 Å². The lowest BCUT2D eigenvalue weighted by Crippen LogP contribution is -3.34. The summed E-state index contributed by atoms with van der Waals surface area (Å²) in [7, 11) is 0. The molecule has 1 rings (SSSR count). The molecule has 0 aliphatic carbocycles. The van der Waals surface area contributed by atoms with E-state index in [1.54, 1.807) is 0 Å². The molecule has 0 nitrogen and oxygen atoms in total. The number of benzene rings is 1. The van der Waals surface area contributed by atoms with Gasteiger partial charge in [-0.25, -0.2) is 0 Å². The van der Waals surface area contributed by atoms with Crippen LogP contribution in [0.5, 0.6) is 0 Å². The van der Waals surface area contributed by atoms with E-state index in [0.717, 1.165) is 0 Å². The monoisotopic (exact) mass is 247 g/mol. The van der Waals surface area contributed by atoms with Crippen molar-refractivity contribution >= 4 is 0 Å². The van der Waals surface area contributed by atoms with Crippen LogP contribution in [0.15, 0.2) is 24.3 Å². The van der Waals surface area contributed by atoms with E-state index in [-0.39, 0.29) is 0 Å². The first-order chi connectivity index (χ1) is 4.70. The summed E-state index contributed by atoms with van der Waals surface area (Å²) in [5.74, 6) is 0.654. The van der Waals surface area contributed by atoms with Gasteiger partial charge in [-0.05, 0) is 23.6 Å². The number of hydrogen-bond donors (Lipinski definition) is 0. The third kappa shape index (κ3) is 1.97. The summed E-state index contributed by atoms with van der Waals surface area (Å²) in [6, 6.07) is 8.73. The molecule has 0 aromatic heterocycles. The Bertz CT molecular complexity index is 198. The standard InChI is InChI=1S/C9H12I/c1-7(2)8-3-5-9(10)6-4-8/h3-7,10H,1-2H3/q+1. The molecule has 0 amide bonds. The molecule has 0 aliphatic rings. The van der Waals surface area contributed by atoms with Gasteiger partial charge < -0.3 is 0 Å². The lowest BCUT2D eigenvalue weighted by atomic mass is 10.0. The Hall–Kier alpha value is -0.0500. The van der Waals surface area contributed by atoms with Gasteiger partial charge in [0.05, 0.1) is 0 Å². The van der Waals surface area contributed by atoms with Crippen molar-refractivity contribution in [3.8, 4) is 0 Å². The van der Waals surface area contributed by atoms with Crippen LogP contribution < -0.4 is 22.6 Å². The molecule has 1 heteroatoms. The van der Waals surface area contributed by atoms with Crippen LogP contribution in [-0.4, -0.2) is 0 Å². The van der Waals surface area contributed by atoms with Gasteiger partial charge in [-0.3, -0.25) is 0 Å². The smallest absolute Gasteiger partial charge is 0.0587 e. The first-order valence-corrected chi connectivity index (χ1v) is 4.63. The molecule has 54 valence electrons. The quantitative estimate of drug-likeness (QED) is 0.574. The second kappa shape index (κ2) is 3.37. The molecular weight excluding hydrogens is 235 g/mol. The van der Waals surface area contributed by atoms with Crippen molar-refractivity contribution in [1.82, 2.24) is 0 Å². The Morgan fingerprint density at radius 3 is 2.00 bits per heavy atom. The van der Waals surface area contributed by atoms with Gasteiger partial charge in [-0.15, -0.1) is 0 Å². The summed E-state index contributed by atoms with van der Waals surface area (Å²) in [5.41, 5.74) is 1.42. The minimum atomic E-state index is 0.654. The molecule has 0 aliphatic heterocycles. The van der Waals surface area contributed by atoms with Gasteiger partial charge in [0, 0.05) is 0 Å². The van der Waals surface area contributed by atoms with Crippen molar-refractivity contribution in [1.29, 1.82) is 0 Å². The van der Waals surface area contributed by atoms with Crippen molar-refractivity contribution in [2.45, 2.75) is 19.8 Å². The highest BCUT2D eigenvalue weighted by Gasteiger charge is 1.99. The summed E-state index contributed by atoms with van der Waals surface area (Å²) in [4.78, 5) is 0. The predicted octanol–water partition coefficient (Wildman–Crippen LogP) is -0.735. The second-order valence-corrected chi connectivity index (χ2v) is 4.07. The SMILES string of the molecule is CC(C)c1ccc([IH+])cc1. The van der Waals surface area contributed by atoms with Crippen LogP contribution in [0.2, 0.25) is 0 Å². The summed E-state index contributed by atoms with van der Waals surface area (Å²) >= 11 is 2.05. The third-order valence-corrected chi connectivity index (χ3v) is 2.32. The molecule has 1 aromatic carbocycles. The van der Waals surface area contributed by atoms with Gasteiger partial charge in [-0.2, -0.15) is 0 Å². The molecular formula is C9H12I+. The highest BCUT2D eigenvalue weighted by Crippen LogP contribution is 2.11. The maximum Gasteiger partial charge on any atom is 0.296 e. The minimum absolute atomic E-state index is 0.654. The highest BCUT2D eigenvalue weighted by atomic mass is 127. The van der Waals surface area contributed by atoms with Gasteiger partial charge in [0.25, 0.3) is 22.6 Å². The fourth-order valence-electron chi connectivity index (χ4n) is 0.853. The fraction of sp³-hybridized carbons (Fsp3) is 0.333. The normalized spacial score (nSPS) is 10.4. The van der Waals surface area contributed by atoms with Crippen molar-refractivity contribution < 1.29 is 22.6 Å². The summed E-state index contributed by atoms with van der Waals surface area (Å²) in [6.45, 7) is 4.43. The van der Waals surface area contributed by atoms with E-state index in [1.807, 2.05) is 22.6 Å². The molecule has 10 heavy (non-hydrogen) atoms. The number of hydrogen-bond acceptors (Lipinski definition) is 0. The third-order valence-electron chi connectivity index (χ3n) is 1.55. The largest absolute Gasteiger partial charge is 0.296 e. The topological polar surface area (TPSA) is 0 Å². The molecule has 0 spiro atoms. The zero-order valence-corrected chi connectivity index (χ0v) is 8.63. The lowest BCUT2D eigenvalue weighted by Gasteiger charge is -2.01. The summed E-state index contributed by atoms with van der Waals surface area (Å²) < 4.78 is 1.35. The molecule has 0 saturated heterocycles. The van der Waals surface area contributed by atoms with Crippen molar-refractivity contribution in [3.63, 3.8) is 0 Å². The Morgan fingerprint density at radius 2 is 1.60 bits per heavy atom. The van der Waals surface area contributed by atoms with Crippen LogP contribution in [0.4, 0.5) is 0 Å². The Kier molecular flexibility index (Phi) is 2.72. The van der Waals surface area contributed by atoms with Gasteiger partial charge in [-0.1, -0.05) is 26.0 Å². The van der Waals surface area contributed by atoms with E-state index in [4.69, 9.17) is 0 Å². The Balaban J connectivity index is 2.89. The first-order valence-electron chi connectivity index (χ1n) is 3.47. The van der Waals surface area contributed by atoms with E-state index in [2.05, 4.69) is 38.1 Å².